The molecule has 32 heavy (non-hydrogen) atoms. The molecule has 168 valence electrons. The van der Waals surface area contributed by atoms with Crippen molar-refractivity contribution in [1.29, 1.82) is 5.26 Å². The van der Waals surface area contributed by atoms with Gasteiger partial charge >= 0.3 is 5.97 Å². The molecule has 4 rings (SSSR count). The zero-order chi connectivity index (χ0) is 22.5. The molecule has 1 aromatic carbocycles. The first-order chi connectivity index (χ1) is 15.6. The van der Waals surface area contributed by atoms with Crippen molar-refractivity contribution >= 4 is 33.9 Å². The maximum absolute atomic E-state index is 12.8. The molecule has 1 aliphatic carbocycles. The van der Waals surface area contributed by atoms with Crippen molar-refractivity contribution in [3.63, 3.8) is 0 Å². The number of esters is 1. The molecular weight excluding hydrogens is 424 g/mol. The first-order valence-corrected chi connectivity index (χ1v) is 12.0. The normalized spacial score (nSPS) is 16.8. The summed E-state index contributed by atoms with van der Waals surface area (Å²) < 4.78 is 5.24. The largest absolute Gasteiger partial charge is 0.462 e. The number of amides is 1. The van der Waals surface area contributed by atoms with Gasteiger partial charge in [0.2, 0.25) is 5.91 Å². The fourth-order valence-electron chi connectivity index (χ4n) is 4.08. The molecule has 8 heteroatoms. The smallest absolute Gasteiger partial charge is 0.341 e. The molecule has 1 aromatic heterocycles. The third-order valence-corrected chi connectivity index (χ3v) is 6.80. The van der Waals surface area contributed by atoms with Crippen LogP contribution in [0.15, 0.2) is 29.6 Å². The zero-order valence-corrected chi connectivity index (χ0v) is 19.1. The molecule has 2 fully saturated rings. The van der Waals surface area contributed by atoms with Crippen molar-refractivity contribution < 1.29 is 14.3 Å². The van der Waals surface area contributed by atoms with Crippen LogP contribution in [0.5, 0.6) is 0 Å². The molecule has 7 nitrogen and oxygen atoms in total. The van der Waals surface area contributed by atoms with E-state index in [9.17, 15) is 9.59 Å². The fourth-order valence-corrected chi connectivity index (χ4v) is 5.12. The number of nitrogens with zero attached hydrogens (tertiary/aromatic N) is 3. The summed E-state index contributed by atoms with van der Waals surface area (Å²) in [5.41, 5.74) is 3.30. The van der Waals surface area contributed by atoms with Crippen LogP contribution in [0.3, 0.4) is 0 Å². The molecule has 1 saturated carbocycles. The Balaban J connectivity index is 1.35. The van der Waals surface area contributed by atoms with Crippen LogP contribution < -0.4 is 10.2 Å². The number of carbonyl (C=O) groups excluding carboxylic acids is 2. The molecule has 0 spiro atoms. The van der Waals surface area contributed by atoms with E-state index in [-0.39, 0.29) is 11.9 Å². The summed E-state index contributed by atoms with van der Waals surface area (Å²) in [6.07, 6.45) is 3.12. The molecular formula is C24H28N4O3S. The summed E-state index contributed by atoms with van der Waals surface area (Å²) in [5, 5.41) is 14.5. The van der Waals surface area contributed by atoms with Crippen molar-refractivity contribution in [2.75, 3.05) is 49.5 Å². The van der Waals surface area contributed by atoms with E-state index in [1.807, 2.05) is 29.6 Å². The minimum Gasteiger partial charge on any atom is -0.462 e. The predicted octanol–water partition coefficient (Wildman–Crippen LogP) is 3.82. The lowest BCUT2D eigenvalue weighted by atomic mass is 10.1. The van der Waals surface area contributed by atoms with Crippen molar-refractivity contribution in [1.82, 2.24) is 4.90 Å². The summed E-state index contributed by atoms with van der Waals surface area (Å²) in [4.78, 5) is 29.7. The van der Waals surface area contributed by atoms with E-state index in [4.69, 9.17) is 10.00 Å². The Morgan fingerprint density at radius 1 is 1.19 bits per heavy atom. The summed E-state index contributed by atoms with van der Waals surface area (Å²) in [6.45, 7) is 5.74. The average molecular weight is 453 g/mol. The van der Waals surface area contributed by atoms with Crippen LogP contribution in [-0.2, 0) is 9.53 Å². The summed E-state index contributed by atoms with van der Waals surface area (Å²) in [6, 6.07) is 9.78. The van der Waals surface area contributed by atoms with Gasteiger partial charge in [-0.05, 0) is 67.3 Å². The molecule has 1 aliphatic heterocycles. The Morgan fingerprint density at radius 2 is 1.97 bits per heavy atom. The van der Waals surface area contributed by atoms with Crippen molar-refractivity contribution in [3.05, 3.63) is 46.3 Å². The van der Waals surface area contributed by atoms with Gasteiger partial charge in [0.25, 0.3) is 0 Å². The number of rotatable bonds is 7. The molecule has 0 radical (unpaired) electrons. The zero-order valence-electron chi connectivity index (χ0n) is 18.3. The number of benzene rings is 1. The van der Waals surface area contributed by atoms with E-state index in [1.54, 1.807) is 6.92 Å². The van der Waals surface area contributed by atoms with Crippen LogP contribution in [-0.4, -0.2) is 56.1 Å². The lowest BCUT2D eigenvalue weighted by Gasteiger charge is -2.23. The predicted molar refractivity (Wildman–Crippen MR) is 125 cm³/mol. The van der Waals surface area contributed by atoms with E-state index in [1.165, 1.54) is 11.3 Å². The summed E-state index contributed by atoms with van der Waals surface area (Å²) in [5.74, 6) is -0.0412. The monoisotopic (exact) mass is 452 g/mol. The second kappa shape index (κ2) is 10.2. The van der Waals surface area contributed by atoms with Gasteiger partial charge in [-0.2, -0.15) is 5.26 Å². The number of nitrogens with one attached hydrogen (secondary N) is 1. The summed E-state index contributed by atoms with van der Waals surface area (Å²) in [7, 11) is 0. The molecule has 2 aliphatic rings. The van der Waals surface area contributed by atoms with Crippen LogP contribution >= 0.6 is 11.3 Å². The number of anilines is 2. The first kappa shape index (κ1) is 22.3. The quantitative estimate of drug-likeness (QED) is 0.643. The number of nitriles is 1. The Hall–Kier alpha value is -2.89. The van der Waals surface area contributed by atoms with Crippen LogP contribution in [0.4, 0.5) is 10.7 Å². The van der Waals surface area contributed by atoms with Gasteiger partial charge in [0.05, 0.1) is 30.3 Å². The topological polar surface area (TPSA) is 85.7 Å². The minimum atomic E-state index is -0.348. The Labute approximate surface area is 192 Å². The third-order valence-electron chi connectivity index (χ3n) is 5.89. The number of thiophene rings is 1. The molecule has 0 bridgehead atoms. The Morgan fingerprint density at radius 3 is 2.66 bits per heavy atom. The van der Waals surface area contributed by atoms with Gasteiger partial charge < -0.3 is 15.0 Å². The molecule has 1 N–H and O–H groups in total. The van der Waals surface area contributed by atoms with Gasteiger partial charge in [-0.15, -0.1) is 11.3 Å². The average Bonchev–Trinajstić information content (AvgIpc) is 3.59. The van der Waals surface area contributed by atoms with Crippen LogP contribution in [0, 0.1) is 11.3 Å². The van der Waals surface area contributed by atoms with Gasteiger partial charge in [0.1, 0.15) is 5.00 Å². The minimum absolute atomic E-state index is 0.105. The highest BCUT2D eigenvalue weighted by atomic mass is 32.1. The Bertz CT molecular complexity index is 1010. The molecule has 0 atom stereocenters. The highest BCUT2D eigenvalue weighted by Crippen LogP contribution is 2.46. The van der Waals surface area contributed by atoms with E-state index >= 15 is 0 Å². The van der Waals surface area contributed by atoms with Gasteiger partial charge in [-0.25, -0.2) is 4.79 Å². The van der Waals surface area contributed by atoms with Gasteiger partial charge in [-0.1, -0.05) is 0 Å². The fraction of sp³-hybridized carbons (Fsp3) is 0.458. The number of carbonyl (C=O) groups is 2. The molecule has 1 saturated heterocycles. The van der Waals surface area contributed by atoms with Gasteiger partial charge in [-0.3, -0.25) is 9.69 Å². The highest BCUT2D eigenvalue weighted by Gasteiger charge is 2.32. The molecule has 1 amide bonds. The number of hydrogen-bond acceptors (Lipinski definition) is 7. The standard InChI is InChI=1S/C24H28N4O3S/c1-2-31-24(30)22-20(18-6-7-18)16-32-23(22)26-21(29)15-27-10-3-11-28(13-12-27)19-8-4-17(14-25)5-9-19/h4-5,8-9,16,18H,2-3,6-7,10-13,15H2,1H3,(H,26,29). The second-order valence-electron chi connectivity index (χ2n) is 8.21. The SMILES string of the molecule is CCOC(=O)c1c(C2CC2)csc1NC(=O)CN1CCCN(c2ccc(C#N)cc2)CC1. The van der Waals surface area contributed by atoms with Gasteiger partial charge in [0.15, 0.2) is 0 Å². The molecule has 2 heterocycles. The Kier molecular flexibility index (Phi) is 7.08. The lowest BCUT2D eigenvalue weighted by molar-refractivity contribution is -0.117. The van der Waals surface area contributed by atoms with Gasteiger partial charge in [0, 0.05) is 31.9 Å². The van der Waals surface area contributed by atoms with E-state index in [0.29, 0.717) is 35.2 Å². The van der Waals surface area contributed by atoms with Crippen molar-refractivity contribution in [2.45, 2.75) is 32.1 Å². The number of ether oxygens (including phenoxy) is 1. The highest BCUT2D eigenvalue weighted by molar-refractivity contribution is 7.15. The summed E-state index contributed by atoms with van der Waals surface area (Å²) >= 11 is 1.41. The maximum Gasteiger partial charge on any atom is 0.341 e. The van der Waals surface area contributed by atoms with Crippen LogP contribution in [0.1, 0.15) is 53.6 Å². The van der Waals surface area contributed by atoms with E-state index in [2.05, 4.69) is 21.2 Å². The first-order valence-electron chi connectivity index (χ1n) is 11.1. The number of hydrogen-bond donors (Lipinski definition) is 1. The molecule has 2 aromatic rings. The van der Waals surface area contributed by atoms with Crippen LogP contribution in [0.2, 0.25) is 0 Å². The van der Waals surface area contributed by atoms with E-state index < -0.39 is 0 Å². The lowest BCUT2D eigenvalue weighted by Crippen LogP contribution is -2.36. The van der Waals surface area contributed by atoms with Crippen LogP contribution in [0.25, 0.3) is 0 Å². The third kappa shape index (κ3) is 5.29. The van der Waals surface area contributed by atoms with Crippen molar-refractivity contribution in [2.24, 2.45) is 0 Å². The maximum atomic E-state index is 12.8. The van der Waals surface area contributed by atoms with E-state index in [0.717, 1.165) is 56.7 Å². The second-order valence-corrected chi connectivity index (χ2v) is 9.09. The van der Waals surface area contributed by atoms with Crippen molar-refractivity contribution in [3.8, 4) is 6.07 Å². The molecule has 0 unspecified atom stereocenters.